The standard InChI is InChI=1S/C18H22/c1-4-7-16-13-18(11-10-14(16)3)17-9-6-8-15(5-2)12-17/h6,8-13H,4-5,7H2,1-3H3. The molecule has 0 fully saturated rings. The third kappa shape index (κ3) is 2.81. The van der Waals surface area contributed by atoms with Crippen molar-refractivity contribution < 1.29 is 0 Å². The molecule has 18 heavy (non-hydrogen) atoms. The van der Waals surface area contributed by atoms with Crippen LogP contribution >= 0.6 is 0 Å². The molecule has 0 saturated heterocycles. The van der Waals surface area contributed by atoms with E-state index in [1.54, 1.807) is 0 Å². The molecule has 0 saturated carbocycles. The van der Waals surface area contributed by atoms with Gasteiger partial charge in [-0.2, -0.15) is 0 Å². The Labute approximate surface area is 111 Å². The molecule has 0 amide bonds. The molecule has 0 bridgehead atoms. The van der Waals surface area contributed by atoms with E-state index in [2.05, 4.69) is 63.2 Å². The highest BCUT2D eigenvalue weighted by molar-refractivity contribution is 5.65. The van der Waals surface area contributed by atoms with Crippen molar-refractivity contribution in [1.29, 1.82) is 0 Å². The Hall–Kier alpha value is -1.56. The van der Waals surface area contributed by atoms with E-state index >= 15 is 0 Å². The van der Waals surface area contributed by atoms with Crippen LogP contribution in [0.3, 0.4) is 0 Å². The van der Waals surface area contributed by atoms with E-state index in [9.17, 15) is 0 Å². The lowest BCUT2D eigenvalue weighted by molar-refractivity contribution is 0.913. The first kappa shape index (κ1) is 12.9. The van der Waals surface area contributed by atoms with Crippen molar-refractivity contribution in [3.05, 3.63) is 59.2 Å². The number of benzene rings is 2. The van der Waals surface area contributed by atoms with Crippen LogP contribution in [0.2, 0.25) is 0 Å². The lowest BCUT2D eigenvalue weighted by atomic mass is 9.96. The minimum atomic E-state index is 1.10. The first-order valence-corrected chi connectivity index (χ1v) is 6.93. The molecule has 0 N–H and O–H groups in total. The van der Waals surface area contributed by atoms with Gasteiger partial charge in [-0.3, -0.25) is 0 Å². The second kappa shape index (κ2) is 5.86. The molecular formula is C18H22. The summed E-state index contributed by atoms with van der Waals surface area (Å²) in [5, 5.41) is 0. The van der Waals surface area contributed by atoms with Crippen molar-refractivity contribution in [2.24, 2.45) is 0 Å². The molecule has 2 rings (SSSR count). The monoisotopic (exact) mass is 238 g/mol. The van der Waals surface area contributed by atoms with Crippen molar-refractivity contribution in [2.45, 2.75) is 40.0 Å². The molecule has 0 atom stereocenters. The summed E-state index contributed by atoms with van der Waals surface area (Å²) in [6.07, 6.45) is 3.48. The van der Waals surface area contributed by atoms with E-state index in [0.717, 1.165) is 6.42 Å². The molecule has 0 heteroatoms. The minimum absolute atomic E-state index is 1.10. The van der Waals surface area contributed by atoms with Crippen molar-refractivity contribution in [3.8, 4) is 11.1 Å². The Balaban J connectivity index is 2.40. The van der Waals surface area contributed by atoms with Crippen LogP contribution in [0.15, 0.2) is 42.5 Å². The Morgan fingerprint density at radius 2 is 1.67 bits per heavy atom. The van der Waals surface area contributed by atoms with Crippen molar-refractivity contribution in [2.75, 3.05) is 0 Å². The van der Waals surface area contributed by atoms with E-state index in [1.165, 1.54) is 40.7 Å². The summed E-state index contributed by atoms with van der Waals surface area (Å²) in [6, 6.07) is 15.7. The van der Waals surface area contributed by atoms with Gasteiger partial charge < -0.3 is 0 Å². The molecule has 0 radical (unpaired) electrons. The average molecular weight is 238 g/mol. The zero-order valence-electron chi connectivity index (χ0n) is 11.7. The third-order valence-electron chi connectivity index (χ3n) is 3.54. The van der Waals surface area contributed by atoms with Crippen LogP contribution in [-0.4, -0.2) is 0 Å². The quantitative estimate of drug-likeness (QED) is 0.688. The Morgan fingerprint density at radius 1 is 0.889 bits per heavy atom. The van der Waals surface area contributed by atoms with Gasteiger partial charge in [0.2, 0.25) is 0 Å². The fourth-order valence-electron chi connectivity index (χ4n) is 2.36. The molecular weight excluding hydrogens is 216 g/mol. The fraction of sp³-hybridized carbons (Fsp3) is 0.333. The van der Waals surface area contributed by atoms with Gasteiger partial charge in [-0.1, -0.05) is 62.7 Å². The van der Waals surface area contributed by atoms with Crippen LogP contribution in [0.1, 0.15) is 37.0 Å². The second-order valence-corrected chi connectivity index (χ2v) is 4.95. The SMILES string of the molecule is CCCc1cc(-c2cccc(CC)c2)ccc1C. The molecule has 2 aromatic rings. The second-order valence-electron chi connectivity index (χ2n) is 4.95. The van der Waals surface area contributed by atoms with Gasteiger partial charge in [0, 0.05) is 0 Å². The highest BCUT2D eigenvalue weighted by atomic mass is 14.1. The van der Waals surface area contributed by atoms with Gasteiger partial charge in [0.05, 0.1) is 0 Å². The highest BCUT2D eigenvalue weighted by Crippen LogP contribution is 2.24. The van der Waals surface area contributed by atoms with Gasteiger partial charge in [0.1, 0.15) is 0 Å². The first-order valence-electron chi connectivity index (χ1n) is 6.93. The zero-order valence-corrected chi connectivity index (χ0v) is 11.7. The molecule has 2 aromatic carbocycles. The Bertz CT molecular complexity index is 523. The molecule has 0 aromatic heterocycles. The van der Waals surface area contributed by atoms with Gasteiger partial charge in [0.15, 0.2) is 0 Å². The predicted octanol–water partition coefficient (Wildman–Crippen LogP) is 5.18. The minimum Gasteiger partial charge on any atom is -0.0651 e. The van der Waals surface area contributed by atoms with E-state index in [0.29, 0.717) is 0 Å². The maximum Gasteiger partial charge on any atom is -0.0181 e. The largest absolute Gasteiger partial charge is 0.0651 e. The number of hydrogen-bond donors (Lipinski definition) is 0. The number of hydrogen-bond acceptors (Lipinski definition) is 0. The van der Waals surface area contributed by atoms with E-state index in [4.69, 9.17) is 0 Å². The first-order chi connectivity index (χ1) is 8.74. The third-order valence-corrected chi connectivity index (χ3v) is 3.54. The summed E-state index contributed by atoms with van der Waals surface area (Å²) in [4.78, 5) is 0. The van der Waals surface area contributed by atoms with Gasteiger partial charge in [-0.15, -0.1) is 0 Å². The van der Waals surface area contributed by atoms with Crippen LogP contribution in [0.5, 0.6) is 0 Å². The van der Waals surface area contributed by atoms with Crippen molar-refractivity contribution >= 4 is 0 Å². The predicted molar refractivity (Wildman–Crippen MR) is 80.0 cm³/mol. The molecule has 94 valence electrons. The molecule has 0 aliphatic heterocycles. The van der Waals surface area contributed by atoms with Crippen LogP contribution in [0.25, 0.3) is 11.1 Å². The molecule has 0 unspecified atom stereocenters. The Morgan fingerprint density at radius 3 is 2.39 bits per heavy atom. The van der Waals surface area contributed by atoms with Gasteiger partial charge in [-0.25, -0.2) is 0 Å². The van der Waals surface area contributed by atoms with E-state index in [1.807, 2.05) is 0 Å². The normalized spacial score (nSPS) is 10.6. The van der Waals surface area contributed by atoms with Crippen molar-refractivity contribution in [1.82, 2.24) is 0 Å². The summed E-state index contributed by atoms with van der Waals surface area (Å²) >= 11 is 0. The maximum atomic E-state index is 2.35. The lowest BCUT2D eigenvalue weighted by Gasteiger charge is -2.09. The van der Waals surface area contributed by atoms with Crippen LogP contribution in [0.4, 0.5) is 0 Å². The molecule has 0 nitrogen and oxygen atoms in total. The Kier molecular flexibility index (Phi) is 4.19. The summed E-state index contributed by atoms with van der Waals surface area (Å²) in [5.74, 6) is 0. The van der Waals surface area contributed by atoms with Crippen LogP contribution in [0, 0.1) is 6.92 Å². The molecule has 0 aliphatic carbocycles. The summed E-state index contributed by atoms with van der Waals surface area (Å²) < 4.78 is 0. The average Bonchev–Trinajstić information content (AvgIpc) is 2.41. The number of aryl methyl sites for hydroxylation is 3. The smallest absolute Gasteiger partial charge is 0.0181 e. The molecule has 0 spiro atoms. The van der Waals surface area contributed by atoms with E-state index < -0.39 is 0 Å². The number of rotatable bonds is 4. The van der Waals surface area contributed by atoms with Gasteiger partial charge >= 0.3 is 0 Å². The summed E-state index contributed by atoms with van der Waals surface area (Å²) in [5.41, 5.74) is 6.99. The van der Waals surface area contributed by atoms with Gasteiger partial charge in [-0.05, 0) is 47.6 Å². The summed E-state index contributed by atoms with van der Waals surface area (Å²) in [7, 11) is 0. The summed E-state index contributed by atoms with van der Waals surface area (Å²) in [6.45, 7) is 6.65. The zero-order chi connectivity index (χ0) is 13.0. The topological polar surface area (TPSA) is 0 Å². The maximum absolute atomic E-state index is 2.35. The van der Waals surface area contributed by atoms with E-state index in [-0.39, 0.29) is 0 Å². The van der Waals surface area contributed by atoms with Gasteiger partial charge in [0.25, 0.3) is 0 Å². The molecule has 0 aliphatic rings. The molecule has 0 heterocycles. The van der Waals surface area contributed by atoms with Crippen LogP contribution in [-0.2, 0) is 12.8 Å². The lowest BCUT2D eigenvalue weighted by Crippen LogP contribution is -1.90. The van der Waals surface area contributed by atoms with Crippen molar-refractivity contribution in [3.63, 3.8) is 0 Å². The van der Waals surface area contributed by atoms with Crippen LogP contribution < -0.4 is 0 Å². The fourth-order valence-corrected chi connectivity index (χ4v) is 2.36. The highest BCUT2D eigenvalue weighted by Gasteiger charge is 2.02.